The van der Waals surface area contributed by atoms with Crippen LogP contribution >= 0.6 is 0 Å². The van der Waals surface area contributed by atoms with Crippen LogP contribution in [0.4, 0.5) is 0 Å². The lowest BCUT2D eigenvalue weighted by molar-refractivity contribution is -0.126. The van der Waals surface area contributed by atoms with Crippen molar-refractivity contribution in [3.8, 4) is 0 Å². The van der Waals surface area contributed by atoms with Crippen LogP contribution in [0.15, 0.2) is 23.4 Å². The molecule has 1 N–H and O–H groups in total. The highest BCUT2D eigenvalue weighted by atomic mass is 32.2. The molecular weight excluding hydrogens is 240 g/mol. The number of pyridine rings is 1. The van der Waals surface area contributed by atoms with Gasteiger partial charge in [-0.25, -0.2) is 9.71 Å². The number of sulfonamides is 1. The van der Waals surface area contributed by atoms with Gasteiger partial charge in [0.2, 0.25) is 5.91 Å². The fraction of sp³-hybridized carbons (Fsp3) is 0.455. The highest BCUT2D eigenvalue weighted by Gasteiger charge is 2.28. The van der Waals surface area contributed by atoms with Gasteiger partial charge >= 0.3 is 0 Å². The van der Waals surface area contributed by atoms with Crippen LogP contribution in [0.2, 0.25) is 0 Å². The van der Waals surface area contributed by atoms with Gasteiger partial charge < -0.3 is 0 Å². The van der Waals surface area contributed by atoms with Crippen LogP contribution < -0.4 is 4.72 Å². The summed E-state index contributed by atoms with van der Waals surface area (Å²) in [5.74, 6) is -0.553. The van der Waals surface area contributed by atoms with Crippen molar-refractivity contribution in [2.24, 2.45) is 5.41 Å². The zero-order valence-corrected chi connectivity index (χ0v) is 11.1. The van der Waals surface area contributed by atoms with Gasteiger partial charge in [0.15, 0.2) is 5.03 Å². The minimum atomic E-state index is -3.88. The number of nitrogens with zero attached hydrogens (tertiary/aromatic N) is 1. The maximum absolute atomic E-state index is 11.9. The molecule has 17 heavy (non-hydrogen) atoms. The summed E-state index contributed by atoms with van der Waals surface area (Å²) in [5, 5.41) is -0.113. The maximum atomic E-state index is 11.9. The van der Waals surface area contributed by atoms with Crippen molar-refractivity contribution in [1.29, 1.82) is 0 Å². The molecule has 0 aliphatic rings. The molecule has 0 saturated carbocycles. The average Bonchev–Trinajstić information content (AvgIpc) is 2.15. The van der Waals surface area contributed by atoms with Crippen molar-refractivity contribution in [2.45, 2.75) is 32.7 Å². The fourth-order valence-electron chi connectivity index (χ4n) is 1.08. The van der Waals surface area contributed by atoms with Gasteiger partial charge in [0.1, 0.15) is 0 Å². The smallest absolute Gasteiger partial charge is 0.273 e. The molecule has 0 aromatic carbocycles. The first-order chi connectivity index (χ1) is 7.64. The molecule has 0 unspecified atom stereocenters. The topological polar surface area (TPSA) is 76.1 Å². The summed E-state index contributed by atoms with van der Waals surface area (Å²) in [6.45, 7) is 6.55. The van der Waals surface area contributed by atoms with Crippen LogP contribution in [0.5, 0.6) is 0 Å². The summed E-state index contributed by atoms with van der Waals surface area (Å²) in [4.78, 5) is 15.4. The van der Waals surface area contributed by atoms with Gasteiger partial charge in [-0.15, -0.1) is 0 Å². The summed E-state index contributed by atoms with van der Waals surface area (Å²) in [7, 11) is -3.88. The van der Waals surface area contributed by atoms with E-state index in [1.807, 2.05) is 4.72 Å². The second kappa shape index (κ2) is 4.44. The normalized spacial score (nSPS) is 12.2. The molecule has 1 heterocycles. The van der Waals surface area contributed by atoms with Crippen molar-refractivity contribution in [2.75, 3.05) is 0 Å². The van der Waals surface area contributed by atoms with E-state index < -0.39 is 21.3 Å². The SMILES string of the molecule is Cc1cccnc1S(=O)(=O)NC(=O)C(C)(C)C. The number of nitrogens with one attached hydrogen (secondary N) is 1. The third-order valence-corrected chi connectivity index (χ3v) is 3.51. The zero-order chi connectivity index (χ0) is 13.3. The molecule has 1 aromatic heterocycles. The van der Waals surface area contributed by atoms with Gasteiger partial charge in [0, 0.05) is 11.6 Å². The minimum absolute atomic E-state index is 0.113. The van der Waals surface area contributed by atoms with Gasteiger partial charge in [0.05, 0.1) is 0 Å². The standard InChI is InChI=1S/C11H16N2O3S/c1-8-6-5-7-12-9(8)17(15,16)13-10(14)11(2,3)4/h5-7H,1-4H3,(H,13,14). The van der Waals surface area contributed by atoms with E-state index in [9.17, 15) is 13.2 Å². The molecular formula is C11H16N2O3S. The van der Waals surface area contributed by atoms with E-state index >= 15 is 0 Å². The van der Waals surface area contributed by atoms with Crippen molar-refractivity contribution in [3.63, 3.8) is 0 Å². The molecule has 94 valence electrons. The lowest BCUT2D eigenvalue weighted by atomic mass is 9.96. The first-order valence-electron chi connectivity index (χ1n) is 5.13. The zero-order valence-electron chi connectivity index (χ0n) is 10.3. The Morgan fingerprint density at radius 3 is 2.41 bits per heavy atom. The predicted octanol–water partition coefficient (Wildman–Crippen LogP) is 1.24. The molecule has 1 amide bonds. The van der Waals surface area contributed by atoms with E-state index in [1.54, 1.807) is 39.8 Å². The second-order valence-electron chi connectivity index (χ2n) is 4.81. The highest BCUT2D eigenvalue weighted by Crippen LogP contribution is 2.16. The average molecular weight is 256 g/mol. The second-order valence-corrected chi connectivity index (χ2v) is 6.41. The van der Waals surface area contributed by atoms with E-state index in [1.165, 1.54) is 6.20 Å². The van der Waals surface area contributed by atoms with Gasteiger partial charge in [-0.2, -0.15) is 8.42 Å². The molecule has 0 aliphatic heterocycles. The Morgan fingerprint density at radius 2 is 1.94 bits per heavy atom. The van der Waals surface area contributed by atoms with Crippen molar-refractivity contribution < 1.29 is 13.2 Å². The first kappa shape index (κ1) is 13.6. The number of hydrogen-bond donors (Lipinski definition) is 1. The quantitative estimate of drug-likeness (QED) is 0.863. The third-order valence-electron chi connectivity index (χ3n) is 2.12. The minimum Gasteiger partial charge on any atom is -0.273 e. The molecule has 0 radical (unpaired) electrons. The maximum Gasteiger partial charge on any atom is 0.281 e. The van der Waals surface area contributed by atoms with Crippen LogP contribution in [0, 0.1) is 12.3 Å². The molecule has 0 bridgehead atoms. The van der Waals surface area contributed by atoms with Crippen LogP contribution in [-0.4, -0.2) is 19.3 Å². The Labute approximate surface area is 101 Å². The van der Waals surface area contributed by atoms with E-state index in [0.29, 0.717) is 5.56 Å². The Bertz CT molecular complexity index is 530. The summed E-state index contributed by atoms with van der Waals surface area (Å²) in [5.41, 5.74) is -0.267. The van der Waals surface area contributed by atoms with Crippen molar-refractivity contribution >= 4 is 15.9 Å². The Balaban J connectivity index is 3.07. The number of amides is 1. The molecule has 1 rings (SSSR count). The number of aryl methyl sites for hydroxylation is 1. The monoisotopic (exact) mass is 256 g/mol. The number of carbonyl (C=O) groups is 1. The van der Waals surface area contributed by atoms with Gasteiger partial charge in [-0.05, 0) is 18.6 Å². The van der Waals surface area contributed by atoms with Gasteiger partial charge in [-0.3, -0.25) is 4.79 Å². The Hall–Kier alpha value is -1.43. The predicted molar refractivity (Wildman–Crippen MR) is 63.8 cm³/mol. The highest BCUT2D eigenvalue weighted by molar-refractivity contribution is 7.90. The summed E-state index contributed by atoms with van der Waals surface area (Å²) in [6.07, 6.45) is 1.38. The fourth-order valence-corrected chi connectivity index (χ4v) is 2.41. The van der Waals surface area contributed by atoms with Crippen molar-refractivity contribution in [3.05, 3.63) is 23.9 Å². The number of rotatable bonds is 2. The molecule has 0 fully saturated rings. The van der Waals surface area contributed by atoms with E-state index in [2.05, 4.69) is 4.98 Å². The summed E-state index contributed by atoms with van der Waals surface area (Å²) < 4.78 is 25.9. The van der Waals surface area contributed by atoms with E-state index in [4.69, 9.17) is 0 Å². The Kier molecular flexibility index (Phi) is 3.56. The molecule has 0 spiro atoms. The Morgan fingerprint density at radius 1 is 1.35 bits per heavy atom. The summed E-state index contributed by atoms with van der Waals surface area (Å²) in [6, 6.07) is 3.27. The number of carbonyl (C=O) groups excluding carboxylic acids is 1. The lowest BCUT2D eigenvalue weighted by Gasteiger charge is -2.17. The molecule has 5 nitrogen and oxygen atoms in total. The molecule has 0 aliphatic carbocycles. The first-order valence-corrected chi connectivity index (χ1v) is 6.62. The van der Waals surface area contributed by atoms with Crippen molar-refractivity contribution in [1.82, 2.24) is 9.71 Å². The molecule has 0 atom stereocenters. The van der Waals surface area contributed by atoms with Crippen LogP contribution in [0.1, 0.15) is 26.3 Å². The largest absolute Gasteiger partial charge is 0.281 e. The lowest BCUT2D eigenvalue weighted by Crippen LogP contribution is -2.39. The van der Waals surface area contributed by atoms with E-state index in [-0.39, 0.29) is 5.03 Å². The third kappa shape index (κ3) is 3.26. The van der Waals surface area contributed by atoms with Crippen LogP contribution in [-0.2, 0) is 14.8 Å². The van der Waals surface area contributed by atoms with Gasteiger partial charge in [0.25, 0.3) is 10.0 Å². The number of hydrogen-bond acceptors (Lipinski definition) is 4. The van der Waals surface area contributed by atoms with E-state index in [0.717, 1.165) is 0 Å². The van der Waals surface area contributed by atoms with Gasteiger partial charge in [-0.1, -0.05) is 26.8 Å². The molecule has 1 aromatic rings. The van der Waals surface area contributed by atoms with Crippen LogP contribution in [0.25, 0.3) is 0 Å². The molecule has 0 saturated heterocycles. The van der Waals surface area contributed by atoms with Crippen LogP contribution in [0.3, 0.4) is 0 Å². The summed E-state index contributed by atoms with van der Waals surface area (Å²) >= 11 is 0. The number of aromatic nitrogens is 1. The molecule has 6 heteroatoms.